The minimum Gasteiger partial charge on any atom is -0.463 e. The Hall–Kier alpha value is -1.44. The van der Waals surface area contributed by atoms with E-state index in [2.05, 4.69) is 18.8 Å². The summed E-state index contributed by atoms with van der Waals surface area (Å²) < 4.78 is 5.28. The highest BCUT2D eigenvalue weighted by Crippen LogP contribution is 2.53. The summed E-state index contributed by atoms with van der Waals surface area (Å²) >= 11 is 0. The molecule has 0 bridgehead atoms. The van der Waals surface area contributed by atoms with E-state index in [0.29, 0.717) is 12.1 Å². The van der Waals surface area contributed by atoms with E-state index in [4.69, 9.17) is 10.5 Å². The van der Waals surface area contributed by atoms with Gasteiger partial charge < -0.3 is 20.4 Å². The molecule has 1 saturated carbocycles. The van der Waals surface area contributed by atoms with Gasteiger partial charge in [-0.15, -0.1) is 0 Å². The molecule has 1 aromatic rings. The van der Waals surface area contributed by atoms with Crippen LogP contribution in [-0.2, 0) is 9.53 Å². The highest BCUT2D eigenvalue weighted by atomic mass is 28.4. The van der Waals surface area contributed by atoms with Gasteiger partial charge in [0.25, 0.3) is 0 Å². The largest absolute Gasteiger partial charge is 0.463 e. The molecule has 4 atom stereocenters. The number of esters is 1. The Kier molecular flexibility index (Phi) is 6.63. The Morgan fingerprint density at radius 2 is 2.07 bits per heavy atom. The maximum absolute atomic E-state index is 11.6. The second-order valence-electron chi connectivity index (χ2n) is 9.69. The van der Waals surface area contributed by atoms with Crippen LogP contribution in [0.2, 0.25) is 18.1 Å². The quantitative estimate of drug-likeness (QED) is 0.492. The number of nitrogens with two attached hydrogens (primary N) is 1. The lowest BCUT2D eigenvalue weighted by Gasteiger charge is -2.50. The molecule has 0 unspecified atom stereocenters. The van der Waals surface area contributed by atoms with Crippen LogP contribution in [0, 0.1) is 11.8 Å². The normalized spacial score (nSPS) is 28.8. The van der Waals surface area contributed by atoms with E-state index in [0.717, 1.165) is 18.4 Å². The van der Waals surface area contributed by atoms with E-state index in [9.17, 15) is 14.7 Å². The van der Waals surface area contributed by atoms with Gasteiger partial charge in [-0.2, -0.15) is 0 Å². The number of carbonyl (C=O) groups is 1. The number of hydrogen-bond donors (Lipinski definition) is 3. The fraction of sp³-hybridized carbons (Fsp3) is 0.714. The van der Waals surface area contributed by atoms with Gasteiger partial charge in [0.05, 0.1) is 11.9 Å². The van der Waals surface area contributed by atoms with E-state index in [-0.39, 0.29) is 29.4 Å². The molecule has 1 aliphatic carbocycles. The van der Waals surface area contributed by atoms with Crippen LogP contribution in [-0.4, -0.2) is 41.4 Å². The molecule has 0 amide bonds. The molecule has 4 N–H and O–H groups in total. The van der Waals surface area contributed by atoms with Crippen LogP contribution in [0.5, 0.6) is 0 Å². The summed E-state index contributed by atoms with van der Waals surface area (Å²) in [6, 6.07) is 1.95. The molecule has 1 aromatic heterocycles. The molecule has 28 heavy (non-hydrogen) atoms. The summed E-state index contributed by atoms with van der Waals surface area (Å²) in [5, 5.41) is 11.3. The van der Waals surface area contributed by atoms with Gasteiger partial charge in [0.1, 0.15) is 12.2 Å². The zero-order valence-corrected chi connectivity index (χ0v) is 19.0. The van der Waals surface area contributed by atoms with E-state index in [1.807, 2.05) is 26.1 Å². The van der Waals surface area contributed by atoms with Crippen LogP contribution < -0.4 is 5.73 Å². The molecule has 0 aromatic carbocycles. The van der Waals surface area contributed by atoms with Gasteiger partial charge in [0, 0.05) is 13.1 Å². The summed E-state index contributed by atoms with van der Waals surface area (Å²) in [5.41, 5.74) is 6.78. The third kappa shape index (κ3) is 4.75. The van der Waals surface area contributed by atoms with E-state index < -0.39 is 19.9 Å². The van der Waals surface area contributed by atoms with Gasteiger partial charge in [-0.1, -0.05) is 20.8 Å². The average molecular weight is 409 g/mol. The maximum atomic E-state index is 11.6. The number of pyridine rings is 1. The Morgan fingerprint density at radius 1 is 1.43 bits per heavy atom. The lowest BCUT2D eigenvalue weighted by Crippen LogP contribution is -2.54. The van der Waals surface area contributed by atoms with Crippen molar-refractivity contribution in [1.82, 2.24) is 4.98 Å². The predicted molar refractivity (Wildman–Crippen MR) is 113 cm³/mol. The number of hydrogen-bond acceptors (Lipinski definition) is 6. The SMILES string of the molecule is CC(=O)OC[C@]1(O)[C@H](CC(C)(C)[Si](C)(C)O)C[C@H](c2ccncc2N)C[C@@H]1C. The summed E-state index contributed by atoms with van der Waals surface area (Å²) in [6.07, 6.45) is 5.56. The first-order valence-electron chi connectivity index (χ1n) is 10.1. The summed E-state index contributed by atoms with van der Waals surface area (Å²) in [6.45, 7) is 11.4. The first-order chi connectivity index (χ1) is 12.8. The van der Waals surface area contributed by atoms with E-state index in [1.54, 1.807) is 12.4 Å². The van der Waals surface area contributed by atoms with Crippen LogP contribution in [0.4, 0.5) is 5.69 Å². The van der Waals surface area contributed by atoms with Crippen molar-refractivity contribution in [2.45, 2.75) is 76.6 Å². The fourth-order valence-corrected chi connectivity index (χ4v) is 5.07. The number of rotatable bonds is 6. The number of nitrogens with zero attached hydrogens (tertiary/aromatic N) is 1. The van der Waals surface area contributed by atoms with E-state index in [1.165, 1.54) is 6.92 Å². The topological polar surface area (TPSA) is 106 Å². The van der Waals surface area contributed by atoms with Crippen LogP contribution in [0.1, 0.15) is 58.4 Å². The molecular weight excluding hydrogens is 372 g/mol. The first-order valence-corrected chi connectivity index (χ1v) is 13.0. The molecule has 158 valence electrons. The highest BCUT2D eigenvalue weighted by Gasteiger charge is 2.52. The number of aromatic nitrogens is 1. The molecule has 0 radical (unpaired) electrons. The van der Waals surface area contributed by atoms with Gasteiger partial charge >= 0.3 is 5.97 Å². The minimum absolute atomic E-state index is 0.0177. The fourth-order valence-electron chi connectivity index (χ4n) is 4.32. The van der Waals surface area contributed by atoms with Gasteiger partial charge in [0.15, 0.2) is 8.32 Å². The molecule has 0 aliphatic heterocycles. The summed E-state index contributed by atoms with van der Waals surface area (Å²) in [5.74, 6) is -0.402. The molecule has 2 rings (SSSR count). The highest BCUT2D eigenvalue weighted by molar-refractivity contribution is 6.72. The first kappa shape index (κ1) is 22.8. The standard InChI is InChI=1S/C21H36N2O4Si/c1-14-9-16(18-7-8-23-12-19(18)22)10-17(11-20(3,4)28(5,6)26)21(14,25)13-27-15(2)24/h7-8,12,14,16-17,25-26H,9-11,13,22H2,1-6H3/t14-,16+,17-,21+/m0/s1. The van der Waals surface area contributed by atoms with E-state index >= 15 is 0 Å². The van der Waals surface area contributed by atoms with Gasteiger partial charge in [-0.3, -0.25) is 9.78 Å². The smallest absolute Gasteiger partial charge is 0.302 e. The molecule has 0 saturated heterocycles. The third-order valence-corrected chi connectivity index (χ3v) is 10.5. The zero-order chi connectivity index (χ0) is 21.3. The van der Waals surface area contributed by atoms with Crippen LogP contribution >= 0.6 is 0 Å². The summed E-state index contributed by atoms with van der Waals surface area (Å²) in [7, 11) is -2.46. The van der Waals surface area contributed by atoms with Crippen LogP contribution in [0.25, 0.3) is 0 Å². The van der Waals surface area contributed by atoms with Gasteiger partial charge in [-0.05, 0) is 66.8 Å². The third-order valence-electron chi connectivity index (χ3n) is 7.01. The Labute approximate surface area is 169 Å². The lowest BCUT2D eigenvalue weighted by molar-refractivity contribution is -0.167. The van der Waals surface area contributed by atoms with Crippen molar-refractivity contribution in [3.63, 3.8) is 0 Å². The minimum atomic E-state index is -2.46. The predicted octanol–water partition coefficient (Wildman–Crippen LogP) is 3.46. The van der Waals surface area contributed by atoms with Crippen molar-refractivity contribution in [1.29, 1.82) is 0 Å². The molecule has 1 aliphatic rings. The average Bonchev–Trinajstić information content (AvgIpc) is 2.56. The Bertz CT molecular complexity index is 704. The number of aliphatic hydroxyl groups is 1. The number of ether oxygens (including phenoxy) is 1. The van der Waals surface area contributed by atoms with Crippen molar-refractivity contribution >= 4 is 20.0 Å². The second kappa shape index (κ2) is 8.12. The Balaban J connectivity index is 2.38. The van der Waals surface area contributed by atoms with Crippen molar-refractivity contribution in [3.05, 3.63) is 24.0 Å². The van der Waals surface area contributed by atoms with Crippen LogP contribution in [0.3, 0.4) is 0 Å². The second-order valence-corrected chi connectivity index (χ2v) is 14.2. The molecule has 1 fully saturated rings. The summed E-state index contributed by atoms with van der Waals surface area (Å²) in [4.78, 5) is 26.3. The molecule has 0 spiro atoms. The van der Waals surface area contributed by atoms with Crippen molar-refractivity contribution < 1.29 is 19.4 Å². The molecular formula is C21H36N2O4Si. The molecule has 7 heteroatoms. The maximum Gasteiger partial charge on any atom is 0.302 e. The van der Waals surface area contributed by atoms with Gasteiger partial charge in [0.2, 0.25) is 0 Å². The number of carbonyl (C=O) groups excluding carboxylic acids is 1. The molecule has 1 heterocycles. The monoisotopic (exact) mass is 408 g/mol. The number of anilines is 1. The van der Waals surface area contributed by atoms with Crippen molar-refractivity contribution in [2.75, 3.05) is 12.3 Å². The molecule has 6 nitrogen and oxygen atoms in total. The van der Waals surface area contributed by atoms with Crippen molar-refractivity contribution in [3.8, 4) is 0 Å². The van der Waals surface area contributed by atoms with Gasteiger partial charge in [-0.25, -0.2) is 0 Å². The van der Waals surface area contributed by atoms with Crippen molar-refractivity contribution in [2.24, 2.45) is 11.8 Å². The van der Waals surface area contributed by atoms with Crippen LogP contribution in [0.15, 0.2) is 18.5 Å². The number of nitrogen functional groups attached to an aromatic ring is 1. The zero-order valence-electron chi connectivity index (χ0n) is 18.0. The Morgan fingerprint density at radius 3 is 2.61 bits per heavy atom. The lowest BCUT2D eigenvalue weighted by atomic mass is 9.62.